The summed E-state index contributed by atoms with van der Waals surface area (Å²) in [6, 6.07) is 6.57. The van der Waals surface area contributed by atoms with Gasteiger partial charge in [-0.3, -0.25) is 0 Å². The van der Waals surface area contributed by atoms with Crippen LogP contribution in [0.15, 0.2) is 39.3 Å². The maximum atomic E-state index is 12.8. The van der Waals surface area contributed by atoms with Gasteiger partial charge in [0.25, 0.3) is 0 Å². The summed E-state index contributed by atoms with van der Waals surface area (Å²) in [7, 11) is 0. The van der Waals surface area contributed by atoms with E-state index in [1.54, 1.807) is 18.2 Å². The number of nitrogens with one attached hydrogen (secondary N) is 1. The summed E-state index contributed by atoms with van der Waals surface area (Å²) in [5.74, 6) is 5.08. The highest BCUT2D eigenvalue weighted by atomic mass is 79.9. The lowest BCUT2D eigenvalue weighted by Crippen LogP contribution is -2.12. The van der Waals surface area contributed by atoms with E-state index < -0.39 is 11.7 Å². The molecule has 1 aromatic carbocycles. The van der Waals surface area contributed by atoms with Gasteiger partial charge in [0.1, 0.15) is 11.6 Å². The molecule has 0 atom stereocenters. The Morgan fingerprint density at radius 3 is 2.43 bits per heavy atom. The van der Waals surface area contributed by atoms with Crippen molar-refractivity contribution in [2.24, 2.45) is 5.84 Å². The summed E-state index contributed by atoms with van der Waals surface area (Å²) in [6.45, 7) is 0. The SMILES string of the molecule is NNc1cc(C(F)(F)F)cc(Oc2ccc(Br)cc2Br)n1. The third-order valence-corrected chi connectivity index (χ3v) is 3.50. The van der Waals surface area contributed by atoms with Crippen LogP contribution in [0, 0.1) is 0 Å². The number of aromatic nitrogens is 1. The van der Waals surface area contributed by atoms with Gasteiger partial charge in [0, 0.05) is 10.5 Å². The number of nitrogens with zero attached hydrogens (tertiary/aromatic N) is 1. The minimum absolute atomic E-state index is 0.145. The molecule has 21 heavy (non-hydrogen) atoms. The lowest BCUT2D eigenvalue weighted by Gasteiger charge is -2.12. The van der Waals surface area contributed by atoms with Crippen molar-refractivity contribution >= 4 is 37.7 Å². The Hall–Kier alpha value is -1.32. The molecule has 0 saturated heterocycles. The van der Waals surface area contributed by atoms with Crippen LogP contribution in [0.1, 0.15) is 5.56 Å². The fourth-order valence-electron chi connectivity index (χ4n) is 1.47. The molecule has 0 aliphatic carbocycles. The van der Waals surface area contributed by atoms with E-state index in [2.05, 4.69) is 42.3 Å². The minimum Gasteiger partial charge on any atom is -0.438 e. The number of pyridine rings is 1. The molecule has 112 valence electrons. The van der Waals surface area contributed by atoms with Gasteiger partial charge in [-0.2, -0.15) is 18.2 Å². The Kier molecular flexibility index (Phi) is 4.74. The van der Waals surface area contributed by atoms with Crippen molar-refractivity contribution in [2.45, 2.75) is 6.18 Å². The fourth-order valence-corrected chi connectivity index (χ4v) is 2.59. The van der Waals surface area contributed by atoms with Gasteiger partial charge in [-0.1, -0.05) is 15.9 Å². The zero-order valence-corrected chi connectivity index (χ0v) is 13.4. The van der Waals surface area contributed by atoms with Gasteiger partial charge in [-0.15, -0.1) is 0 Å². The van der Waals surface area contributed by atoms with Crippen molar-refractivity contribution in [3.05, 3.63) is 44.8 Å². The molecule has 0 fully saturated rings. The second-order valence-electron chi connectivity index (χ2n) is 3.90. The van der Waals surface area contributed by atoms with Gasteiger partial charge in [0.05, 0.1) is 10.0 Å². The predicted molar refractivity (Wildman–Crippen MR) is 79.0 cm³/mol. The van der Waals surface area contributed by atoms with E-state index in [4.69, 9.17) is 10.6 Å². The quantitative estimate of drug-likeness (QED) is 0.551. The standard InChI is InChI=1S/C12H8Br2F3N3O/c13-7-1-2-9(8(14)5-7)21-11-4-6(12(15,16)17)3-10(19-11)20-18/h1-5H,18H2,(H,19,20). The van der Waals surface area contributed by atoms with Crippen molar-refractivity contribution < 1.29 is 17.9 Å². The maximum Gasteiger partial charge on any atom is 0.416 e. The predicted octanol–water partition coefficient (Wildman–Crippen LogP) is 4.70. The molecule has 4 nitrogen and oxygen atoms in total. The van der Waals surface area contributed by atoms with Crippen LogP contribution in [0.2, 0.25) is 0 Å². The molecule has 3 N–H and O–H groups in total. The molecule has 0 radical (unpaired) electrons. The molecule has 0 aliphatic rings. The molecule has 0 spiro atoms. The van der Waals surface area contributed by atoms with Gasteiger partial charge in [0.2, 0.25) is 5.88 Å². The summed E-state index contributed by atoms with van der Waals surface area (Å²) >= 11 is 6.52. The van der Waals surface area contributed by atoms with Gasteiger partial charge >= 0.3 is 6.18 Å². The first kappa shape index (κ1) is 16.1. The van der Waals surface area contributed by atoms with Crippen LogP contribution in [0.4, 0.5) is 19.0 Å². The molecule has 0 bridgehead atoms. The first-order valence-corrected chi connectivity index (χ1v) is 7.07. The molecule has 9 heteroatoms. The summed E-state index contributed by atoms with van der Waals surface area (Å²) in [6.07, 6.45) is -4.52. The Labute approximate surface area is 134 Å². The van der Waals surface area contributed by atoms with Crippen molar-refractivity contribution in [1.82, 2.24) is 4.98 Å². The second-order valence-corrected chi connectivity index (χ2v) is 5.67. The van der Waals surface area contributed by atoms with Crippen LogP contribution in [-0.2, 0) is 6.18 Å². The number of nitrogens with two attached hydrogens (primary N) is 1. The molecule has 0 aliphatic heterocycles. The van der Waals surface area contributed by atoms with Gasteiger partial charge in [-0.25, -0.2) is 5.84 Å². The van der Waals surface area contributed by atoms with Crippen LogP contribution in [0.3, 0.4) is 0 Å². The van der Waals surface area contributed by atoms with Crippen molar-refractivity contribution in [1.29, 1.82) is 0 Å². The van der Waals surface area contributed by atoms with Crippen LogP contribution >= 0.6 is 31.9 Å². The van der Waals surface area contributed by atoms with Crippen LogP contribution < -0.4 is 16.0 Å². The first-order valence-electron chi connectivity index (χ1n) is 5.48. The van der Waals surface area contributed by atoms with E-state index in [0.29, 0.717) is 10.2 Å². The van der Waals surface area contributed by atoms with E-state index in [-0.39, 0.29) is 11.7 Å². The van der Waals surface area contributed by atoms with Gasteiger partial charge < -0.3 is 10.2 Å². The summed E-state index contributed by atoms with van der Waals surface area (Å²) in [4.78, 5) is 3.83. The van der Waals surface area contributed by atoms with Gasteiger partial charge in [-0.05, 0) is 40.2 Å². The van der Waals surface area contributed by atoms with E-state index in [1.165, 1.54) is 0 Å². The van der Waals surface area contributed by atoms with Crippen molar-refractivity contribution in [2.75, 3.05) is 5.43 Å². The van der Waals surface area contributed by atoms with E-state index in [1.807, 2.05) is 0 Å². The maximum absolute atomic E-state index is 12.8. The van der Waals surface area contributed by atoms with E-state index in [0.717, 1.165) is 16.6 Å². The number of nitrogen functional groups attached to an aromatic ring is 1. The Balaban J connectivity index is 2.39. The van der Waals surface area contributed by atoms with Crippen LogP contribution in [-0.4, -0.2) is 4.98 Å². The Morgan fingerprint density at radius 2 is 1.86 bits per heavy atom. The molecule has 1 aromatic heterocycles. The van der Waals surface area contributed by atoms with E-state index in [9.17, 15) is 13.2 Å². The third kappa shape index (κ3) is 4.08. The zero-order chi connectivity index (χ0) is 15.6. The Morgan fingerprint density at radius 1 is 1.14 bits per heavy atom. The van der Waals surface area contributed by atoms with Gasteiger partial charge in [0.15, 0.2) is 0 Å². The normalized spacial score (nSPS) is 11.3. The zero-order valence-electron chi connectivity index (χ0n) is 10.2. The molecule has 0 saturated carbocycles. The molecule has 0 amide bonds. The number of anilines is 1. The average molecular weight is 427 g/mol. The highest BCUT2D eigenvalue weighted by Crippen LogP contribution is 2.35. The first-order chi connectivity index (χ1) is 9.79. The average Bonchev–Trinajstić information content (AvgIpc) is 2.40. The van der Waals surface area contributed by atoms with E-state index >= 15 is 0 Å². The highest BCUT2D eigenvalue weighted by molar-refractivity contribution is 9.11. The molecule has 2 rings (SSSR count). The molecular weight excluding hydrogens is 419 g/mol. The minimum atomic E-state index is -4.52. The van der Waals surface area contributed by atoms with Crippen molar-refractivity contribution in [3.63, 3.8) is 0 Å². The molecule has 0 unspecified atom stereocenters. The summed E-state index contributed by atoms with van der Waals surface area (Å²) in [5.41, 5.74) is 1.17. The third-order valence-electron chi connectivity index (χ3n) is 2.39. The fraction of sp³-hybridized carbons (Fsp3) is 0.0833. The summed E-state index contributed by atoms with van der Waals surface area (Å²) in [5, 5.41) is 0. The Bertz CT molecular complexity index is 665. The number of hydrogen-bond donors (Lipinski definition) is 2. The highest BCUT2D eigenvalue weighted by Gasteiger charge is 2.32. The number of ether oxygens (including phenoxy) is 1. The van der Waals surface area contributed by atoms with Crippen LogP contribution in [0.25, 0.3) is 0 Å². The lowest BCUT2D eigenvalue weighted by molar-refractivity contribution is -0.137. The molecule has 1 heterocycles. The number of halogens is 5. The monoisotopic (exact) mass is 425 g/mol. The number of hydrogen-bond acceptors (Lipinski definition) is 4. The number of hydrazine groups is 1. The number of benzene rings is 1. The lowest BCUT2D eigenvalue weighted by atomic mass is 10.2. The molecule has 2 aromatic rings. The number of rotatable bonds is 3. The topological polar surface area (TPSA) is 60.2 Å². The largest absolute Gasteiger partial charge is 0.438 e. The van der Waals surface area contributed by atoms with Crippen molar-refractivity contribution in [3.8, 4) is 11.6 Å². The smallest absolute Gasteiger partial charge is 0.416 e. The molecular formula is C12H8Br2F3N3O. The summed E-state index contributed by atoms with van der Waals surface area (Å²) < 4.78 is 45.1. The number of alkyl halides is 3. The second kappa shape index (κ2) is 6.20. The van der Waals surface area contributed by atoms with Crippen LogP contribution in [0.5, 0.6) is 11.6 Å².